The summed E-state index contributed by atoms with van der Waals surface area (Å²) in [5.41, 5.74) is 8.03. The lowest BCUT2D eigenvalue weighted by Gasteiger charge is -2.23. The average Bonchev–Trinajstić information content (AvgIpc) is 2.82. The largest absolute Gasteiger partial charge is 0.457 e. The van der Waals surface area contributed by atoms with Crippen molar-refractivity contribution in [2.24, 2.45) is 5.73 Å². The van der Waals surface area contributed by atoms with Crippen molar-refractivity contribution in [2.45, 2.75) is 38.1 Å². The molecule has 0 spiro atoms. The van der Waals surface area contributed by atoms with Gasteiger partial charge in [-0.05, 0) is 85.6 Å². The number of carbonyl (C=O) groups is 2. The molecular formula is C26H27N3O3. The summed E-state index contributed by atoms with van der Waals surface area (Å²) in [7, 11) is 0. The van der Waals surface area contributed by atoms with Crippen LogP contribution < -0.4 is 21.1 Å². The molecule has 4 N–H and O–H groups in total. The molecule has 3 aromatic carbocycles. The highest BCUT2D eigenvalue weighted by Crippen LogP contribution is 2.24. The third kappa shape index (κ3) is 5.66. The van der Waals surface area contributed by atoms with Gasteiger partial charge < -0.3 is 21.1 Å². The second-order valence-corrected chi connectivity index (χ2v) is 8.03. The van der Waals surface area contributed by atoms with Crippen LogP contribution in [0.15, 0.2) is 72.8 Å². The van der Waals surface area contributed by atoms with Crippen LogP contribution in [-0.4, -0.2) is 17.9 Å². The van der Waals surface area contributed by atoms with E-state index in [2.05, 4.69) is 10.6 Å². The number of anilines is 2. The first kappa shape index (κ1) is 21.4. The number of benzene rings is 3. The SMILES string of the molecule is NC(=O)c1ccc(Oc2ccc(C(=O)Nc3ccc(NC4CCCCC4)cc3)cc2)cc1. The number of rotatable bonds is 7. The third-order valence-electron chi connectivity index (χ3n) is 5.61. The molecule has 0 radical (unpaired) electrons. The lowest BCUT2D eigenvalue weighted by atomic mass is 9.95. The molecule has 1 fully saturated rings. The van der Waals surface area contributed by atoms with Crippen LogP contribution in [0.2, 0.25) is 0 Å². The molecule has 0 bridgehead atoms. The molecule has 3 aromatic rings. The van der Waals surface area contributed by atoms with Crippen LogP contribution in [0, 0.1) is 0 Å². The van der Waals surface area contributed by atoms with Crippen LogP contribution in [0.1, 0.15) is 52.8 Å². The van der Waals surface area contributed by atoms with E-state index in [1.165, 1.54) is 32.1 Å². The summed E-state index contributed by atoms with van der Waals surface area (Å²) in [6, 6.07) is 21.8. The molecule has 0 aliphatic heterocycles. The van der Waals surface area contributed by atoms with Crippen molar-refractivity contribution in [1.82, 2.24) is 0 Å². The van der Waals surface area contributed by atoms with E-state index in [0.717, 1.165) is 11.4 Å². The Morgan fingerprint density at radius 3 is 1.81 bits per heavy atom. The lowest BCUT2D eigenvalue weighted by molar-refractivity contribution is 0.0997. The number of nitrogens with one attached hydrogen (secondary N) is 2. The standard InChI is InChI=1S/C26H27N3O3/c27-25(30)18-6-14-23(15-7-18)32-24-16-8-19(9-17-24)26(31)29-22-12-10-21(11-13-22)28-20-4-2-1-3-5-20/h6-17,20,28H,1-5H2,(H2,27,30)(H,29,31). The molecule has 1 aliphatic rings. The highest BCUT2D eigenvalue weighted by Gasteiger charge is 2.13. The second kappa shape index (κ2) is 10.0. The van der Waals surface area contributed by atoms with Crippen molar-refractivity contribution >= 4 is 23.2 Å². The van der Waals surface area contributed by atoms with Gasteiger partial charge in [0, 0.05) is 28.5 Å². The van der Waals surface area contributed by atoms with Gasteiger partial charge in [-0.1, -0.05) is 19.3 Å². The van der Waals surface area contributed by atoms with Gasteiger partial charge in [0.05, 0.1) is 0 Å². The lowest BCUT2D eigenvalue weighted by Crippen LogP contribution is -2.22. The minimum Gasteiger partial charge on any atom is -0.457 e. The molecule has 0 aromatic heterocycles. The Kier molecular flexibility index (Phi) is 6.70. The van der Waals surface area contributed by atoms with E-state index >= 15 is 0 Å². The zero-order chi connectivity index (χ0) is 22.3. The van der Waals surface area contributed by atoms with Gasteiger partial charge in [0.25, 0.3) is 5.91 Å². The molecule has 0 atom stereocenters. The minimum atomic E-state index is -0.484. The predicted octanol–water partition coefficient (Wildman–Crippen LogP) is 5.57. The van der Waals surface area contributed by atoms with Gasteiger partial charge in [-0.2, -0.15) is 0 Å². The summed E-state index contributed by atoms with van der Waals surface area (Å²) in [4.78, 5) is 23.7. The number of nitrogens with two attached hydrogens (primary N) is 1. The maximum Gasteiger partial charge on any atom is 0.255 e. The Hall–Kier alpha value is -3.80. The fourth-order valence-electron chi connectivity index (χ4n) is 3.83. The number of hydrogen-bond donors (Lipinski definition) is 3. The van der Waals surface area contributed by atoms with Gasteiger partial charge in [-0.15, -0.1) is 0 Å². The number of amides is 2. The first-order valence-electron chi connectivity index (χ1n) is 10.9. The van der Waals surface area contributed by atoms with E-state index in [1.807, 2.05) is 24.3 Å². The first-order valence-corrected chi connectivity index (χ1v) is 10.9. The van der Waals surface area contributed by atoms with Crippen LogP contribution in [0.5, 0.6) is 11.5 Å². The molecule has 0 heterocycles. The van der Waals surface area contributed by atoms with Crippen LogP contribution in [0.4, 0.5) is 11.4 Å². The van der Waals surface area contributed by atoms with Gasteiger partial charge in [-0.25, -0.2) is 0 Å². The van der Waals surface area contributed by atoms with Crippen LogP contribution in [0.25, 0.3) is 0 Å². The Morgan fingerprint density at radius 1 is 0.719 bits per heavy atom. The zero-order valence-corrected chi connectivity index (χ0v) is 17.8. The maximum absolute atomic E-state index is 12.6. The molecule has 4 rings (SSSR count). The van der Waals surface area contributed by atoms with Crippen molar-refractivity contribution in [3.63, 3.8) is 0 Å². The summed E-state index contributed by atoms with van der Waals surface area (Å²) in [6.07, 6.45) is 6.35. The van der Waals surface area contributed by atoms with Gasteiger partial charge in [0.2, 0.25) is 5.91 Å². The van der Waals surface area contributed by atoms with Crippen molar-refractivity contribution in [2.75, 3.05) is 10.6 Å². The number of primary amides is 1. The Morgan fingerprint density at radius 2 is 1.25 bits per heavy atom. The summed E-state index contributed by atoms with van der Waals surface area (Å²) in [6.45, 7) is 0. The first-order chi connectivity index (χ1) is 15.6. The Labute approximate surface area is 187 Å². The Balaban J connectivity index is 1.31. The fraction of sp³-hybridized carbons (Fsp3) is 0.231. The van der Waals surface area contributed by atoms with Crippen LogP contribution in [-0.2, 0) is 0 Å². The number of carbonyl (C=O) groups excluding carboxylic acids is 2. The summed E-state index contributed by atoms with van der Waals surface area (Å²) >= 11 is 0. The van der Waals surface area contributed by atoms with E-state index in [1.54, 1.807) is 48.5 Å². The monoisotopic (exact) mass is 429 g/mol. The summed E-state index contributed by atoms with van der Waals surface area (Å²) in [5.74, 6) is 0.498. The zero-order valence-electron chi connectivity index (χ0n) is 17.8. The van der Waals surface area contributed by atoms with Gasteiger partial charge in [0.1, 0.15) is 11.5 Å². The summed E-state index contributed by atoms with van der Waals surface area (Å²) < 4.78 is 5.75. The molecular weight excluding hydrogens is 402 g/mol. The van der Waals surface area contributed by atoms with E-state index in [4.69, 9.17) is 10.5 Å². The number of hydrogen-bond acceptors (Lipinski definition) is 4. The molecule has 1 aliphatic carbocycles. The third-order valence-corrected chi connectivity index (χ3v) is 5.61. The van der Waals surface area contributed by atoms with Crippen LogP contribution >= 0.6 is 0 Å². The predicted molar refractivity (Wildman–Crippen MR) is 126 cm³/mol. The normalized spacial score (nSPS) is 13.9. The van der Waals surface area contributed by atoms with Gasteiger partial charge in [0.15, 0.2) is 0 Å². The highest BCUT2D eigenvalue weighted by molar-refractivity contribution is 6.04. The maximum atomic E-state index is 12.6. The molecule has 6 heteroatoms. The molecule has 2 amide bonds. The molecule has 0 unspecified atom stereocenters. The summed E-state index contributed by atoms with van der Waals surface area (Å²) in [5, 5.41) is 6.50. The molecule has 32 heavy (non-hydrogen) atoms. The van der Waals surface area contributed by atoms with E-state index in [0.29, 0.717) is 28.7 Å². The smallest absolute Gasteiger partial charge is 0.255 e. The van der Waals surface area contributed by atoms with Gasteiger partial charge in [-0.3, -0.25) is 9.59 Å². The van der Waals surface area contributed by atoms with Crippen molar-refractivity contribution in [3.8, 4) is 11.5 Å². The molecule has 164 valence electrons. The van der Waals surface area contributed by atoms with Crippen molar-refractivity contribution in [1.29, 1.82) is 0 Å². The Bertz CT molecular complexity index is 1050. The topological polar surface area (TPSA) is 93.5 Å². The molecule has 1 saturated carbocycles. The van der Waals surface area contributed by atoms with E-state index < -0.39 is 5.91 Å². The quantitative estimate of drug-likeness (QED) is 0.457. The van der Waals surface area contributed by atoms with E-state index in [9.17, 15) is 9.59 Å². The second-order valence-electron chi connectivity index (χ2n) is 8.03. The molecule has 0 saturated heterocycles. The minimum absolute atomic E-state index is 0.185. The number of ether oxygens (including phenoxy) is 1. The van der Waals surface area contributed by atoms with Crippen LogP contribution in [0.3, 0.4) is 0 Å². The highest BCUT2D eigenvalue weighted by atomic mass is 16.5. The fourth-order valence-corrected chi connectivity index (χ4v) is 3.83. The average molecular weight is 430 g/mol. The van der Waals surface area contributed by atoms with Crippen molar-refractivity contribution in [3.05, 3.63) is 83.9 Å². The van der Waals surface area contributed by atoms with E-state index in [-0.39, 0.29) is 5.91 Å². The van der Waals surface area contributed by atoms with Gasteiger partial charge >= 0.3 is 0 Å². The van der Waals surface area contributed by atoms with Crippen molar-refractivity contribution < 1.29 is 14.3 Å². The molecule has 6 nitrogen and oxygen atoms in total.